The lowest BCUT2D eigenvalue weighted by atomic mass is 9.97. The van der Waals surface area contributed by atoms with E-state index in [1.54, 1.807) is 10.9 Å². The van der Waals surface area contributed by atoms with E-state index in [2.05, 4.69) is 5.10 Å². The number of hydrogen-bond donors (Lipinski definition) is 0. The van der Waals surface area contributed by atoms with E-state index in [4.69, 9.17) is 4.74 Å². The molecule has 1 aromatic carbocycles. The molecule has 0 bridgehead atoms. The molecular formula is C23H25N3O3S. The van der Waals surface area contributed by atoms with Crippen molar-refractivity contribution in [2.45, 2.75) is 45.2 Å². The molecule has 2 aromatic heterocycles. The van der Waals surface area contributed by atoms with Crippen molar-refractivity contribution in [2.75, 3.05) is 6.61 Å². The van der Waals surface area contributed by atoms with Crippen LogP contribution in [0.2, 0.25) is 0 Å². The Morgan fingerprint density at radius 3 is 2.50 bits per heavy atom. The number of amides is 1. The molecule has 1 aliphatic rings. The van der Waals surface area contributed by atoms with E-state index in [0.717, 1.165) is 29.8 Å². The van der Waals surface area contributed by atoms with Gasteiger partial charge in [-0.1, -0.05) is 24.3 Å². The van der Waals surface area contributed by atoms with Gasteiger partial charge in [0.15, 0.2) is 6.61 Å². The van der Waals surface area contributed by atoms with Gasteiger partial charge in [0, 0.05) is 18.3 Å². The Morgan fingerprint density at radius 1 is 1.10 bits per heavy atom. The SMILES string of the molecule is C[C@H]1CCC[C@H](C)N1C(=O)COC(=O)c1cn(-c2ccccc2)nc1-c1cccs1. The lowest BCUT2D eigenvalue weighted by molar-refractivity contribution is -0.140. The molecular weight excluding hydrogens is 398 g/mol. The van der Waals surface area contributed by atoms with Crippen LogP contribution in [-0.4, -0.2) is 45.2 Å². The summed E-state index contributed by atoms with van der Waals surface area (Å²) < 4.78 is 7.12. The number of likely N-dealkylation sites (tertiary alicyclic amines) is 1. The van der Waals surface area contributed by atoms with Crippen molar-refractivity contribution in [3.05, 3.63) is 59.6 Å². The molecule has 0 unspecified atom stereocenters. The van der Waals surface area contributed by atoms with Gasteiger partial charge in [-0.25, -0.2) is 9.48 Å². The highest BCUT2D eigenvalue weighted by Crippen LogP contribution is 2.28. The van der Waals surface area contributed by atoms with Crippen LogP contribution in [0.5, 0.6) is 0 Å². The number of thiophene rings is 1. The Bertz CT molecular complexity index is 1000. The summed E-state index contributed by atoms with van der Waals surface area (Å²) in [6.07, 6.45) is 4.75. The minimum atomic E-state index is -0.536. The number of para-hydroxylation sites is 1. The number of ether oxygens (including phenoxy) is 1. The lowest BCUT2D eigenvalue weighted by Gasteiger charge is -2.38. The smallest absolute Gasteiger partial charge is 0.342 e. The van der Waals surface area contributed by atoms with Crippen LogP contribution >= 0.6 is 11.3 Å². The zero-order valence-corrected chi connectivity index (χ0v) is 18.0. The van der Waals surface area contributed by atoms with E-state index in [0.29, 0.717) is 11.3 Å². The van der Waals surface area contributed by atoms with Crippen molar-refractivity contribution >= 4 is 23.2 Å². The van der Waals surface area contributed by atoms with Gasteiger partial charge >= 0.3 is 5.97 Å². The molecule has 30 heavy (non-hydrogen) atoms. The average molecular weight is 424 g/mol. The number of benzene rings is 1. The minimum absolute atomic E-state index is 0.142. The number of esters is 1. The van der Waals surface area contributed by atoms with Gasteiger partial charge in [-0.15, -0.1) is 11.3 Å². The van der Waals surface area contributed by atoms with Crippen molar-refractivity contribution in [1.29, 1.82) is 0 Å². The Hall–Kier alpha value is -2.93. The van der Waals surface area contributed by atoms with Gasteiger partial charge in [-0.2, -0.15) is 5.10 Å². The zero-order chi connectivity index (χ0) is 21.1. The van der Waals surface area contributed by atoms with Crippen LogP contribution in [-0.2, 0) is 9.53 Å². The molecule has 0 aliphatic carbocycles. The first-order valence-electron chi connectivity index (χ1n) is 10.2. The van der Waals surface area contributed by atoms with E-state index >= 15 is 0 Å². The predicted octanol–water partition coefficient (Wildman–Crippen LogP) is 4.55. The Kier molecular flexibility index (Phi) is 5.99. The quantitative estimate of drug-likeness (QED) is 0.565. The molecule has 0 saturated carbocycles. The average Bonchev–Trinajstić information content (AvgIpc) is 3.42. The summed E-state index contributed by atoms with van der Waals surface area (Å²) in [5.41, 5.74) is 1.77. The minimum Gasteiger partial charge on any atom is -0.452 e. The summed E-state index contributed by atoms with van der Waals surface area (Å²) in [4.78, 5) is 28.4. The van der Waals surface area contributed by atoms with Gasteiger partial charge in [0.2, 0.25) is 0 Å². The summed E-state index contributed by atoms with van der Waals surface area (Å²) >= 11 is 1.51. The summed E-state index contributed by atoms with van der Waals surface area (Å²) in [5, 5.41) is 6.56. The molecule has 156 valence electrons. The summed E-state index contributed by atoms with van der Waals surface area (Å²) in [6.45, 7) is 3.84. The largest absolute Gasteiger partial charge is 0.452 e. The van der Waals surface area contributed by atoms with Crippen LogP contribution in [0.15, 0.2) is 54.0 Å². The van der Waals surface area contributed by atoms with Crippen LogP contribution < -0.4 is 0 Å². The summed E-state index contributed by atoms with van der Waals surface area (Å²) in [5.74, 6) is -0.678. The number of carbonyl (C=O) groups excluding carboxylic acids is 2. The molecule has 6 nitrogen and oxygen atoms in total. The molecule has 1 fully saturated rings. The predicted molar refractivity (Wildman–Crippen MR) is 117 cm³/mol. The number of rotatable bonds is 5. The van der Waals surface area contributed by atoms with Crippen LogP contribution in [0, 0.1) is 0 Å². The third-order valence-electron chi connectivity index (χ3n) is 5.52. The first-order chi connectivity index (χ1) is 14.5. The summed E-state index contributed by atoms with van der Waals surface area (Å²) in [7, 11) is 0. The van der Waals surface area contributed by atoms with Crippen LogP contribution in [0.25, 0.3) is 16.3 Å². The highest BCUT2D eigenvalue weighted by atomic mass is 32.1. The highest BCUT2D eigenvalue weighted by Gasteiger charge is 2.30. The Labute approximate surface area is 180 Å². The standard InChI is InChI=1S/C23H25N3O3S/c1-16-8-6-9-17(2)26(16)21(27)15-29-23(28)19-14-25(18-10-4-3-5-11-18)24-22(19)20-12-7-13-30-20/h3-5,7,10-14,16-17H,6,8-9,15H2,1-2H3/t16-,17-/m0/s1. The molecule has 0 radical (unpaired) electrons. The van der Waals surface area contributed by atoms with Crippen molar-refractivity contribution in [3.8, 4) is 16.3 Å². The molecule has 3 aromatic rings. The normalized spacial score (nSPS) is 18.9. The van der Waals surface area contributed by atoms with Gasteiger partial charge in [0.1, 0.15) is 11.3 Å². The fourth-order valence-corrected chi connectivity index (χ4v) is 4.75. The first kappa shape index (κ1) is 20.3. The maximum Gasteiger partial charge on any atom is 0.342 e. The second-order valence-electron chi connectivity index (χ2n) is 7.65. The van der Waals surface area contributed by atoms with Crippen molar-refractivity contribution in [2.24, 2.45) is 0 Å². The molecule has 2 atom stereocenters. The second kappa shape index (κ2) is 8.83. The molecule has 0 spiro atoms. The van der Waals surface area contributed by atoms with E-state index in [9.17, 15) is 9.59 Å². The lowest BCUT2D eigenvalue weighted by Crippen LogP contribution is -2.49. The maximum atomic E-state index is 12.9. The molecule has 7 heteroatoms. The highest BCUT2D eigenvalue weighted by molar-refractivity contribution is 7.13. The summed E-state index contributed by atoms with van der Waals surface area (Å²) in [6, 6.07) is 13.8. The molecule has 0 N–H and O–H groups in total. The number of piperidine rings is 1. The third-order valence-corrected chi connectivity index (χ3v) is 6.39. The third kappa shape index (κ3) is 4.16. The maximum absolute atomic E-state index is 12.9. The Balaban J connectivity index is 1.54. The van der Waals surface area contributed by atoms with Gasteiger partial charge in [0.05, 0.1) is 10.6 Å². The molecule has 1 saturated heterocycles. The monoisotopic (exact) mass is 423 g/mol. The number of nitrogens with zero attached hydrogens (tertiary/aromatic N) is 3. The van der Waals surface area contributed by atoms with Gasteiger partial charge in [-0.3, -0.25) is 4.79 Å². The van der Waals surface area contributed by atoms with Gasteiger partial charge < -0.3 is 9.64 Å². The van der Waals surface area contributed by atoms with Crippen LogP contribution in [0.3, 0.4) is 0 Å². The fraction of sp³-hybridized carbons (Fsp3) is 0.348. The topological polar surface area (TPSA) is 64.4 Å². The van der Waals surface area contributed by atoms with Crippen molar-refractivity contribution < 1.29 is 14.3 Å². The number of hydrogen-bond acceptors (Lipinski definition) is 5. The van der Waals surface area contributed by atoms with Crippen LogP contribution in [0.1, 0.15) is 43.5 Å². The molecule has 3 heterocycles. The van der Waals surface area contributed by atoms with Gasteiger partial charge in [0.25, 0.3) is 5.91 Å². The number of carbonyl (C=O) groups is 2. The van der Waals surface area contributed by atoms with Crippen LogP contribution in [0.4, 0.5) is 0 Å². The van der Waals surface area contributed by atoms with E-state index in [-0.39, 0.29) is 24.6 Å². The van der Waals surface area contributed by atoms with E-state index in [1.165, 1.54) is 11.3 Å². The number of aromatic nitrogens is 2. The molecule has 1 aliphatic heterocycles. The fourth-order valence-electron chi connectivity index (χ4n) is 4.02. The van der Waals surface area contributed by atoms with E-state index in [1.807, 2.05) is 66.6 Å². The molecule has 1 amide bonds. The zero-order valence-electron chi connectivity index (χ0n) is 17.2. The van der Waals surface area contributed by atoms with Crippen molar-refractivity contribution in [1.82, 2.24) is 14.7 Å². The van der Waals surface area contributed by atoms with E-state index < -0.39 is 5.97 Å². The second-order valence-corrected chi connectivity index (χ2v) is 8.60. The van der Waals surface area contributed by atoms with Gasteiger partial charge in [-0.05, 0) is 56.7 Å². The van der Waals surface area contributed by atoms with Crippen molar-refractivity contribution in [3.63, 3.8) is 0 Å². The Morgan fingerprint density at radius 2 is 1.83 bits per heavy atom. The molecule has 4 rings (SSSR count). The first-order valence-corrected chi connectivity index (χ1v) is 11.1.